The molecule has 0 fully saturated rings. The number of para-hydroxylation sites is 1. The van der Waals surface area contributed by atoms with Crippen molar-refractivity contribution in [3.05, 3.63) is 70.6 Å². The summed E-state index contributed by atoms with van der Waals surface area (Å²) in [5.41, 5.74) is -0.438. The number of amides is 1. The Labute approximate surface area is 152 Å². The summed E-state index contributed by atoms with van der Waals surface area (Å²) in [7, 11) is -4.04. The van der Waals surface area contributed by atoms with E-state index in [1.807, 2.05) is 0 Å². The van der Waals surface area contributed by atoms with Crippen LogP contribution in [0.4, 0.5) is 5.69 Å². The number of sulfonamides is 1. The highest BCUT2D eigenvalue weighted by Gasteiger charge is 2.40. The Morgan fingerprint density at radius 2 is 1.74 bits per heavy atom. The van der Waals surface area contributed by atoms with E-state index in [-0.39, 0.29) is 21.5 Å². The standard InChI is InChI=1S/C18H12N2O6S/c21-16-10-5-1-3-7-13(10)26-9-12(16)19-18(23)15-17(22)11-6-2-4-8-14(11)27(24,25)20-15/h1-9,15,20H,(H,19,23). The quantitative estimate of drug-likeness (QED) is 0.642. The van der Waals surface area contributed by atoms with Gasteiger partial charge in [0.25, 0.3) is 5.91 Å². The molecule has 1 aliphatic rings. The summed E-state index contributed by atoms with van der Waals surface area (Å²) in [6, 6.07) is 10.4. The summed E-state index contributed by atoms with van der Waals surface area (Å²) >= 11 is 0. The summed E-state index contributed by atoms with van der Waals surface area (Å²) in [5, 5.41) is 2.52. The summed E-state index contributed by atoms with van der Waals surface area (Å²) < 4.78 is 32.0. The zero-order chi connectivity index (χ0) is 19.2. The normalized spacial score (nSPS) is 18.1. The first-order valence-electron chi connectivity index (χ1n) is 7.85. The summed E-state index contributed by atoms with van der Waals surface area (Å²) in [6.45, 7) is 0. The van der Waals surface area contributed by atoms with Crippen molar-refractivity contribution in [2.45, 2.75) is 10.9 Å². The third-order valence-electron chi connectivity index (χ3n) is 4.18. The van der Waals surface area contributed by atoms with Crippen LogP contribution in [-0.2, 0) is 14.8 Å². The minimum Gasteiger partial charge on any atom is -0.462 e. The highest BCUT2D eigenvalue weighted by atomic mass is 32.2. The molecule has 0 aliphatic carbocycles. The van der Waals surface area contributed by atoms with Gasteiger partial charge in [-0.25, -0.2) is 8.42 Å². The van der Waals surface area contributed by atoms with E-state index in [1.165, 1.54) is 30.3 Å². The number of ketones is 1. The molecule has 0 saturated heterocycles. The number of carbonyl (C=O) groups excluding carboxylic acids is 2. The fourth-order valence-electron chi connectivity index (χ4n) is 2.87. The highest BCUT2D eigenvalue weighted by Crippen LogP contribution is 2.23. The first-order valence-corrected chi connectivity index (χ1v) is 9.34. The topological polar surface area (TPSA) is 123 Å². The van der Waals surface area contributed by atoms with Crippen molar-refractivity contribution in [3.63, 3.8) is 0 Å². The SMILES string of the molecule is O=C(Nc1coc2ccccc2c1=O)C1NS(=O)(=O)c2ccccc2C1=O. The third-order valence-corrected chi connectivity index (χ3v) is 5.66. The Balaban J connectivity index is 1.70. The van der Waals surface area contributed by atoms with Gasteiger partial charge >= 0.3 is 0 Å². The van der Waals surface area contributed by atoms with Crippen LogP contribution in [0.25, 0.3) is 11.0 Å². The molecule has 8 nitrogen and oxygen atoms in total. The molecule has 0 radical (unpaired) electrons. The molecule has 136 valence electrons. The molecule has 1 amide bonds. The van der Waals surface area contributed by atoms with E-state index in [9.17, 15) is 22.8 Å². The van der Waals surface area contributed by atoms with E-state index in [0.717, 1.165) is 6.26 Å². The molecule has 27 heavy (non-hydrogen) atoms. The number of Topliss-reactive ketones (excluding diaryl/α,β-unsaturated/α-hetero) is 1. The molecule has 2 heterocycles. The number of nitrogens with one attached hydrogen (secondary N) is 2. The van der Waals surface area contributed by atoms with Gasteiger partial charge in [0.2, 0.25) is 15.5 Å². The number of benzene rings is 2. The molecule has 0 spiro atoms. The van der Waals surface area contributed by atoms with Crippen LogP contribution in [-0.4, -0.2) is 26.2 Å². The second-order valence-electron chi connectivity index (χ2n) is 5.88. The van der Waals surface area contributed by atoms with E-state index in [2.05, 4.69) is 10.0 Å². The summed E-state index contributed by atoms with van der Waals surface area (Å²) in [5.74, 6) is -1.68. The minimum absolute atomic E-state index is 0.0815. The predicted octanol–water partition coefficient (Wildman–Crippen LogP) is 1.27. The first-order chi connectivity index (χ1) is 12.9. The van der Waals surface area contributed by atoms with Crippen molar-refractivity contribution >= 4 is 38.4 Å². The van der Waals surface area contributed by atoms with Crippen LogP contribution in [0.3, 0.4) is 0 Å². The van der Waals surface area contributed by atoms with Crippen molar-refractivity contribution in [1.82, 2.24) is 4.72 Å². The molecule has 1 unspecified atom stereocenters. The van der Waals surface area contributed by atoms with Gasteiger partial charge in [0, 0.05) is 5.56 Å². The molecule has 9 heteroatoms. The van der Waals surface area contributed by atoms with E-state index < -0.39 is 33.2 Å². The van der Waals surface area contributed by atoms with Crippen LogP contribution >= 0.6 is 0 Å². The van der Waals surface area contributed by atoms with Gasteiger partial charge in [0.15, 0.2) is 11.8 Å². The van der Waals surface area contributed by atoms with Crippen LogP contribution in [0.15, 0.2) is 68.9 Å². The molecule has 3 aromatic rings. The van der Waals surface area contributed by atoms with Crippen molar-refractivity contribution in [1.29, 1.82) is 0 Å². The Bertz CT molecular complexity index is 1260. The molecular formula is C18H12N2O6S. The predicted molar refractivity (Wildman–Crippen MR) is 96.0 cm³/mol. The lowest BCUT2D eigenvalue weighted by atomic mass is 10.0. The maximum atomic E-state index is 12.5. The zero-order valence-corrected chi connectivity index (χ0v) is 14.4. The molecule has 2 aromatic carbocycles. The number of carbonyl (C=O) groups is 2. The Kier molecular flexibility index (Phi) is 3.90. The van der Waals surface area contributed by atoms with Gasteiger partial charge in [0.05, 0.1) is 10.3 Å². The van der Waals surface area contributed by atoms with Gasteiger partial charge in [-0.15, -0.1) is 0 Å². The van der Waals surface area contributed by atoms with Crippen molar-refractivity contribution in [2.75, 3.05) is 5.32 Å². The zero-order valence-electron chi connectivity index (χ0n) is 13.6. The molecule has 1 aliphatic heterocycles. The lowest BCUT2D eigenvalue weighted by Crippen LogP contribution is -2.52. The van der Waals surface area contributed by atoms with Crippen LogP contribution in [0.5, 0.6) is 0 Å². The molecule has 2 N–H and O–H groups in total. The van der Waals surface area contributed by atoms with Gasteiger partial charge in [-0.2, -0.15) is 4.72 Å². The second-order valence-corrected chi connectivity index (χ2v) is 7.56. The molecule has 1 atom stereocenters. The number of hydrogen-bond donors (Lipinski definition) is 2. The van der Waals surface area contributed by atoms with Crippen LogP contribution < -0.4 is 15.5 Å². The smallest absolute Gasteiger partial charge is 0.250 e. The number of anilines is 1. The fraction of sp³-hybridized carbons (Fsp3) is 0.0556. The van der Waals surface area contributed by atoms with Crippen molar-refractivity contribution in [3.8, 4) is 0 Å². The molecule has 0 bridgehead atoms. The number of hydrogen-bond acceptors (Lipinski definition) is 6. The van der Waals surface area contributed by atoms with Gasteiger partial charge < -0.3 is 9.73 Å². The van der Waals surface area contributed by atoms with Gasteiger partial charge in [-0.3, -0.25) is 14.4 Å². The van der Waals surface area contributed by atoms with E-state index in [0.29, 0.717) is 5.58 Å². The van der Waals surface area contributed by atoms with Crippen molar-refractivity contribution < 1.29 is 22.4 Å². The average Bonchev–Trinajstić information content (AvgIpc) is 2.67. The molecule has 1 aromatic heterocycles. The Morgan fingerprint density at radius 3 is 2.56 bits per heavy atom. The maximum Gasteiger partial charge on any atom is 0.250 e. The maximum absolute atomic E-state index is 12.5. The highest BCUT2D eigenvalue weighted by molar-refractivity contribution is 7.89. The van der Waals surface area contributed by atoms with Crippen LogP contribution in [0.1, 0.15) is 10.4 Å². The van der Waals surface area contributed by atoms with Gasteiger partial charge in [-0.1, -0.05) is 24.3 Å². The molecular weight excluding hydrogens is 372 g/mol. The molecule has 4 rings (SSSR count). The van der Waals surface area contributed by atoms with E-state index in [1.54, 1.807) is 18.2 Å². The number of fused-ring (bicyclic) bond motifs is 2. The number of rotatable bonds is 2. The summed E-state index contributed by atoms with van der Waals surface area (Å²) in [4.78, 5) is 37.3. The van der Waals surface area contributed by atoms with E-state index >= 15 is 0 Å². The lowest BCUT2D eigenvalue weighted by Gasteiger charge is -2.23. The molecule has 0 saturated carbocycles. The monoisotopic (exact) mass is 384 g/mol. The Hall–Kier alpha value is -3.30. The summed E-state index contributed by atoms with van der Waals surface area (Å²) in [6.07, 6.45) is 1.05. The third kappa shape index (κ3) is 2.82. The van der Waals surface area contributed by atoms with Gasteiger partial charge in [0.1, 0.15) is 17.5 Å². The van der Waals surface area contributed by atoms with Gasteiger partial charge in [-0.05, 0) is 24.3 Å². The first kappa shape index (κ1) is 17.1. The van der Waals surface area contributed by atoms with E-state index in [4.69, 9.17) is 4.42 Å². The average molecular weight is 384 g/mol. The lowest BCUT2D eigenvalue weighted by molar-refractivity contribution is -0.116. The fourth-order valence-corrected chi connectivity index (χ4v) is 4.24. The van der Waals surface area contributed by atoms with Crippen LogP contribution in [0, 0.1) is 0 Å². The second kappa shape index (κ2) is 6.15. The van der Waals surface area contributed by atoms with Crippen molar-refractivity contribution in [2.24, 2.45) is 0 Å². The largest absolute Gasteiger partial charge is 0.462 e. The minimum atomic E-state index is -4.04. The van der Waals surface area contributed by atoms with Crippen LogP contribution in [0.2, 0.25) is 0 Å². The Morgan fingerprint density at radius 1 is 1.04 bits per heavy atom.